The second-order valence-corrected chi connectivity index (χ2v) is 6.56. The van der Waals surface area contributed by atoms with Crippen molar-refractivity contribution >= 4 is 17.5 Å². The number of amides is 2. The summed E-state index contributed by atoms with van der Waals surface area (Å²) in [5.41, 5.74) is 1.93. The van der Waals surface area contributed by atoms with Gasteiger partial charge in [-0.15, -0.1) is 0 Å². The van der Waals surface area contributed by atoms with E-state index in [0.717, 1.165) is 17.7 Å². The van der Waals surface area contributed by atoms with Crippen LogP contribution in [-0.2, 0) is 9.59 Å². The lowest BCUT2D eigenvalue weighted by Gasteiger charge is -2.13. The third-order valence-electron chi connectivity index (χ3n) is 5.26. The fraction of sp³-hybridized carbons (Fsp3) is 0.529. The smallest absolute Gasteiger partial charge is 0.228 e. The molecule has 2 N–H and O–H groups in total. The van der Waals surface area contributed by atoms with Crippen LogP contribution < -0.4 is 10.6 Å². The topological polar surface area (TPSA) is 58.2 Å². The van der Waals surface area contributed by atoms with Gasteiger partial charge in [-0.2, -0.15) is 0 Å². The molecule has 1 aromatic carbocycles. The van der Waals surface area contributed by atoms with Crippen molar-refractivity contribution in [2.45, 2.75) is 38.1 Å². The highest BCUT2D eigenvalue weighted by Crippen LogP contribution is 2.57. The summed E-state index contributed by atoms with van der Waals surface area (Å²) in [5.74, 6) is 1.82. The average molecular weight is 284 g/mol. The second kappa shape index (κ2) is 4.86. The number of carbonyl (C=O) groups excluding carboxylic acids is 2. The number of fused-ring (bicyclic) bond motifs is 1. The summed E-state index contributed by atoms with van der Waals surface area (Å²) in [6, 6.07) is 7.97. The van der Waals surface area contributed by atoms with Gasteiger partial charge in [0.1, 0.15) is 0 Å². The lowest BCUT2D eigenvalue weighted by Crippen LogP contribution is -2.19. The standard InChI is InChI=1S/C17H20N2O2/c20-15-8-7-14(19-15)10-3-1-4-11(9-10)18-17(21)16-12-5-2-6-13(12)16/h1,3-4,9,12-14,16H,2,5-8H2,(H,18,21)(H,19,20). The summed E-state index contributed by atoms with van der Waals surface area (Å²) in [5, 5.41) is 6.02. The Morgan fingerprint density at radius 3 is 2.71 bits per heavy atom. The fourth-order valence-corrected chi connectivity index (χ4v) is 4.13. The Morgan fingerprint density at radius 1 is 1.19 bits per heavy atom. The minimum atomic E-state index is 0.0923. The molecule has 4 heteroatoms. The molecular formula is C17H20N2O2. The van der Waals surface area contributed by atoms with Crippen LogP contribution in [0.1, 0.15) is 43.7 Å². The molecule has 4 rings (SSSR count). The van der Waals surface area contributed by atoms with E-state index in [-0.39, 0.29) is 23.8 Å². The summed E-state index contributed by atoms with van der Waals surface area (Å²) >= 11 is 0. The first kappa shape index (κ1) is 12.9. The van der Waals surface area contributed by atoms with Gasteiger partial charge in [0.25, 0.3) is 0 Å². The van der Waals surface area contributed by atoms with E-state index in [1.54, 1.807) is 0 Å². The highest BCUT2D eigenvalue weighted by atomic mass is 16.2. The number of carbonyl (C=O) groups is 2. The molecule has 3 fully saturated rings. The number of anilines is 1. The number of hydrogen-bond acceptors (Lipinski definition) is 2. The van der Waals surface area contributed by atoms with Crippen molar-refractivity contribution in [1.82, 2.24) is 5.32 Å². The first-order valence-corrected chi connectivity index (χ1v) is 7.92. The van der Waals surface area contributed by atoms with E-state index in [2.05, 4.69) is 10.6 Å². The van der Waals surface area contributed by atoms with Gasteiger partial charge >= 0.3 is 0 Å². The molecule has 1 aromatic rings. The van der Waals surface area contributed by atoms with Gasteiger partial charge in [0.2, 0.25) is 11.8 Å². The van der Waals surface area contributed by atoms with Gasteiger partial charge in [0.15, 0.2) is 0 Å². The first-order chi connectivity index (χ1) is 10.2. The molecule has 1 saturated heterocycles. The van der Waals surface area contributed by atoms with Crippen LogP contribution in [0.15, 0.2) is 24.3 Å². The molecule has 4 nitrogen and oxygen atoms in total. The molecule has 2 aliphatic carbocycles. The maximum atomic E-state index is 12.3. The van der Waals surface area contributed by atoms with Crippen LogP contribution in [0.5, 0.6) is 0 Å². The molecule has 2 amide bonds. The highest BCUT2D eigenvalue weighted by molar-refractivity contribution is 5.95. The Kier molecular flexibility index (Phi) is 2.98. The van der Waals surface area contributed by atoms with Crippen molar-refractivity contribution in [3.63, 3.8) is 0 Å². The van der Waals surface area contributed by atoms with Gasteiger partial charge in [-0.1, -0.05) is 18.6 Å². The highest BCUT2D eigenvalue weighted by Gasteiger charge is 2.56. The summed E-state index contributed by atoms with van der Waals surface area (Å²) in [6.07, 6.45) is 5.15. The Bertz CT molecular complexity index is 588. The van der Waals surface area contributed by atoms with Crippen molar-refractivity contribution in [2.75, 3.05) is 5.32 Å². The maximum absolute atomic E-state index is 12.3. The van der Waals surface area contributed by atoms with Crippen LogP contribution in [0.4, 0.5) is 5.69 Å². The van der Waals surface area contributed by atoms with Crippen molar-refractivity contribution in [1.29, 1.82) is 0 Å². The SMILES string of the molecule is O=C1CCC(c2cccc(NC(=O)C3C4CCCC43)c2)N1. The van der Waals surface area contributed by atoms with E-state index >= 15 is 0 Å². The molecule has 3 atom stereocenters. The average Bonchev–Trinajstić information content (AvgIpc) is 2.83. The first-order valence-electron chi connectivity index (χ1n) is 7.92. The molecule has 2 saturated carbocycles. The Morgan fingerprint density at radius 2 is 2.00 bits per heavy atom. The zero-order valence-electron chi connectivity index (χ0n) is 12.0. The molecule has 3 unspecified atom stereocenters. The zero-order chi connectivity index (χ0) is 14.4. The van der Waals surface area contributed by atoms with E-state index in [1.807, 2.05) is 24.3 Å². The summed E-state index contributed by atoms with van der Waals surface area (Å²) in [4.78, 5) is 23.6. The summed E-state index contributed by atoms with van der Waals surface area (Å²) in [6.45, 7) is 0. The maximum Gasteiger partial charge on any atom is 0.228 e. The van der Waals surface area contributed by atoms with Crippen LogP contribution in [0, 0.1) is 17.8 Å². The number of benzene rings is 1. The van der Waals surface area contributed by atoms with Gasteiger partial charge in [0, 0.05) is 18.0 Å². The van der Waals surface area contributed by atoms with Gasteiger partial charge in [-0.3, -0.25) is 9.59 Å². The predicted octanol–water partition coefficient (Wildman–Crippen LogP) is 2.62. The minimum absolute atomic E-state index is 0.0923. The molecule has 1 aliphatic heterocycles. The van der Waals surface area contributed by atoms with Gasteiger partial charge in [-0.25, -0.2) is 0 Å². The van der Waals surface area contributed by atoms with Crippen molar-refractivity contribution in [3.05, 3.63) is 29.8 Å². The van der Waals surface area contributed by atoms with Crippen molar-refractivity contribution < 1.29 is 9.59 Å². The summed E-state index contributed by atoms with van der Waals surface area (Å²) in [7, 11) is 0. The normalized spacial score (nSPS) is 33.4. The van der Waals surface area contributed by atoms with Gasteiger partial charge in [0.05, 0.1) is 6.04 Å². The van der Waals surface area contributed by atoms with Crippen LogP contribution >= 0.6 is 0 Å². The van der Waals surface area contributed by atoms with E-state index in [4.69, 9.17) is 0 Å². The zero-order valence-corrected chi connectivity index (χ0v) is 12.0. The quantitative estimate of drug-likeness (QED) is 0.896. The fourth-order valence-electron chi connectivity index (χ4n) is 4.13. The minimum Gasteiger partial charge on any atom is -0.349 e. The van der Waals surface area contributed by atoms with E-state index in [9.17, 15) is 9.59 Å². The van der Waals surface area contributed by atoms with Crippen LogP contribution in [0.25, 0.3) is 0 Å². The molecule has 3 aliphatic rings. The lowest BCUT2D eigenvalue weighted by atomic mass is 10.0. The number of rotatable bonds is 3. The van der Waals surface area contributed by atoms with Crippen LogP contribution in [0.2, 0.25) is 0 Å². The molecule has 21 heavy (non-hydrogen) atoms. The molecule has 0 spiro atoms. The number of hydrogen-bond donors (Lipinski definition) is 2. The molecule has 0 aromatic heterocycles. The van der Waals surface area contributed by atoms with Crippen LogP contribution in [-0.4, -0.2) is 11.8 Å². The Balaban J connectivity index is 1.43. The number of nitrogens with one attached hydrogen (secondary N) is 2. The summed E-state index contributed by atoms with van der Waals surface area (Å²) < 4.78 is 0. The molecular weight excluding hydrogens is 264 g/mol. The third kappa shape index (κ3) is 2.33. The molecule has 110 valence electrons. The van der Waals surface area contributed by atoms with E-state index in [1.165, 1.54) is 19.3 Å². The Hall–Kier alpha value is -1.84. The van der Waals surface area contributed by atoms with Gasteiger partial charge in [-0.05, 0) is 48.8 Å². The van der Waals surface area contributed by atoms with Crippen molar-refractivity contribution in [2.24, 2.45) is 17.8 Å². The second-order valence-electron chi connectivity index (χ2n) is 6.56. The van der Waals surface area contributed by atoms with E-state index < -0.39 is 0 Å². The molecule has 0 bridgehead atoms. The van der Waals surface area contributed by atoms with Gasteiger partial charge < -0.3 is 10.6 Å². The molecule has 1 heterocycles. The largest absolute Gasteiger partial charge is 0.349 e. The van der Waals surface area contributed by atoms with Crippen LogP contribution in [0.3, 0.4) is 0 Å². The molecule has 0 radical (unpaired) electrons. The Labute approximate surface area is 124 Å². The monoisotopic (exact) mass is 284 g/mol. The third-order valence-corrected chi connectivity index (χ3v) is 5.26. The lowest BCUT2D eigenvalue weighted by molar-refractivity contribution is -0.119. The van der Waals surface area contributed by atoms with E-state index in [0.29, 0.717) is 18.3 Å². The predicted molar refractivity (Wildman–Crippen MR) is 79.5 cm³/mol. The van der Waals surface area contributed by atoms with Crippen molar-refractivity contribution in [3.8, 4) is 0 Å².